The van der Waals surface area contributed by atoms with Crippen LogP contribution in [0.5, 0.6) is 0 Å². The highest BCUT2D eigenvalue weighted by molar-refractivity contribution is 6.01. The summed E-state index contributed by atoms with van der Waals surface area (Å²) in [4.78, 5) is 33.6. The second kappa shape index (κ2) is 6.07. The van der Waals surface area contributed by atoms with Crippen molar-refractivity contribution in [2.75, 3.05) is 13.7 Å². The van der Waals surface area contributed by atoms with E-state index >= 15 is 0 Å². The minimum Gasteiger partial charge on any atom is -0.467 e. The number of carbonyl (C=O) groups is 3. The van der Waals surface area contributed by atoms with Crippen molar-refractivity contribution >= 4 is 18.0 Å². The molecule has 0 aromatic rings. The summed E-state index contributed by atoms with van der Waals surface area (Å²) in [5.74, 6) is -1.02. The molecule has 0 spiro atoms. The second-order valence-corrected chi connectivity index (χ2v) is 3.62. The summed E-state index contributed by atoms with van der Waals surface area (Å²) in [7, 11) is 1.21. The molecule has 1 heterocycles. The molecule has 2 unspecified atom stereocenters. The Morgan fingerprint density at radius 3 is 2.71 bits per heavy atom. The maximum Gasteiger partial charge on any atom is 0.407 e. The van der Waals surface area contributed by atoms with Crippen molar-refractivity contribution in [2.45, 2.75) is 31.8 Å². The molecule has 1 rings (SSSR count). The van der Waals surface area contributed by atoms with Crippen molar-refractivity contribution in [3.63, 3.8) is 0 Å². The zero-order chi connectivity index (χ0) is 12.8. The van der Waals surface area contributed by atoms with E-state index in [0.29, 0.717) is 6.61 Å². The Bertz CT molecular complexity index is 318. The van der Waals surface area contributed by atoms with Gasteiger partial charge in [0.15, 0.2) is 6.04 Å². The number of hydrogen-bond acceptors (Lipinski definition) is 5. The Morgan fingerprint density at radius 2 is 2.18 bits per heavy atom. The summed E-state index contributed by atoms with van der Waals surface area (Å²) in [6.45, 7) is 2.26. The van der Waals surface area contributed by atoms with Gasteiger partial charge in [-0.25, -0.2) is 9.59 Å². The van der Waals surface area contributed by atoms with Crippen LogP contribution in [-0.4, -0.2) is 43.8 Å². The monoisotopic (exact) mass is 244 g/mol. The van der Waals surface area contributed by atoms with Gasteiger partial charge in [0.2, 0.25) is 5.91 Å². The molecule has 1 fully saturated rings. The molecular formula is C10H16N2O5. The quantitative estimate of drug-likeness (QED) is 0.388. The minimum atomic E-state index is -0.906. The SMILES string of the molecule is CCCCOC(=O)NC1C(=O)NC1C(=O)OC. The topological polar surface area (TPSA) is 93.7 Å². The first-order chi connectivity index (χ1) is 8.10. The number of hydrogen-bond donors (Lipinski definition) is 2. The average Bonchev–Trinajstić information content (AvgIpc) is 2.32. The van der Waals surface area contributed by atoms with Crippen LogP contribution >= 0.6 is 0 Å². The van der Waals surface area contributed by atoms with Crippen LogP contribution in [0.2, 0.25) is 0 Å². The van der Waals surface area contributed by atoms with Gasteiger partial charge in [0.25, 0.3) is 0 Å². The molecule has 7 nitrogen and oxygen atoms in total. The van der Waals surface area contributed by atoms with Crippen molar-refractivity contribution < 1.29 is 23.9 Å². The molecule has 1 aliphatic heterocycles. The lowest BCUT2D eigenvalue weighted by Crippen LogP contribution is -2.72. The Morgan fingerprint density at radius 1 is 1.47 bits per heavy atom. The number of esters is 1. The first-order valence-electron chi connectivity index (χ1n) is 5.41. The molecule has 0 aromatic heterocycles. The molecule has 1 saturated heterocycles. The van der Waals surface area contributed by atoms with Crippen molar-refractivity contribution in [1.82, 2.24) is 10.6 Å². The molecule has 0 aromatic carbocycles. The largest absolute Gasteiger partial charge is 0.467 e. The fourth-order valence-corrected chi connectivity index (χ4v) is 1.33. The van der Waals surface area contributed by atoms with E-state index in [1.165, 1.54) is 7.11 Å². The maximum atomic E-state index is 11.3. The smallest absolute Gasteiger partial charge is 0.407 e. The van der Waals surface area contributed by atoms with E-state index in [1.54, 1.807) is 0 Å². The third-order valence-corrected chi connectivity index (χ3v) is 2.37. The van der Waals surface area contributed by atoms with E-state index in [9.17, 15) is 14.4 Å². The summed E-state index contributed by atoms with van der Waals surface area (Å²) < 4.78 is 9.28. The number of β-lactam (4-membered cyclic amide) rings is 1. The Kier molecular flexibility index (Phi) is 4.74. The third kappa shape index (κ3) is 3.33. The predicted octanol–water partition coefficient (Wildman–Crippen LogP) is -0.447. The van der Waals surface area contributed by atoms with Crippen LogP contribution in [0.4, 0.5) is 4.79 Å². The molecule has 2 N–H and O–H groups in total. The molecular weight excluding hydrogens is 228 g/mol. The Labute approximate surface area is 98.8 Å². The molecule has 17 heavy (non-hydrogen) atoms. The van der Waals surface area contributed by atoms with E-state index < -0.39 is 30.1 Å². The number of nitrogens with one attached hydrogen (secondary N) is 2. The third-order valence-electron chi connectivity index (χ3n) is 2.37. The number of amides is 2. The normalized spacial score (nSPS) is 22.1. The van der Waals surface area contributed by atoms with Crippen LogP contribution in [0, 0.1) is 0 Å². The summed E-state index contributed by atoms with van der Waals surface area (Å²) >= 11 is 0. The number of unbranched alkanes of at least 4 members (excludes halogenated alkanes) is 1. The van der Waals surface area contributed by atoms with Gasteiger partial charge in [0, 0.05) is 0 Å². The van der Waals surface area contributed by atoms with Crippen molar-refractivity contribution in [3.8, 4) is 0 Å². The van der Waals surface area contributed by atoms with E-state index in [0.717, 1.165) is 12.8 Å². The Hall–Kier alpha value is -1.79. The number of rotatable bonds is 5. The van der Waals surface area contributed by atoms with Gasteiger partial charge < -0.3 is 20.1 Å². The van der Waals surface area contributed by atoms with Gasteiger partial charge in [0.1, 0.15) is 6.04 Å². The highest BCUT2D eigenvalue weighted by Crippen LogP contribution is 2.08. The maximum absolute atomic E-state index is 11.3. The highest BCUT2D eigenvalue weighted by Gasteiger charge is 2.46. The van der Waals surface area contributed by atoms with Gasteiger partial charge in [-0.2, -0.15) is 0 Å². The summed E-state index contributed by atoms with van der Waals surface area (Å²) in [6.07, 6.45) is 0.958. The number of ether oxygens (including phenoxy) is 2. The van der Waals surface area contributed by atoms with Crippen LogP contribution in [0.1, 0.15) is 19.8 Å². The number of carbonyl (C=O) groups excluding carboxylic acids is 3. The lowest BCUT2D eigenvalue weighted by molar-refractivity contribution is -0.152. The molecule has 2 amide bonds. The van der Waals surface area contributed by atoms with Crippen molar-refractivity contribution in [2.24, 2.45) is 0 Å². The standard InChI is InChI=1S/C10H16N2O5/c1-3-4-5-17-10(15)12-6-7(9(14)16-2)11-8(6)13/h6-7H,3-5H2,1-2H3,(H,11,13)(H,12,15). The zero-order valence-corrected chi connectivity index (χ0v) is 9.82. The lowest BCUT2D eigenvalue weighted by atomic mass is 9.99. The fourth-order valence-electron chi connectivity index (χ4n) is 1.33. The van der Waals surface area contributed by atoms with Crippen molar-refractivity contribution in [1.29, 1.82) is 0 Å². The van der Waals surface area contributed by atoms with Crippen molar-refractivity contribution in [3.05, 3.63) is 0 Å². The molecule has 0 radical (unpaired) electrons. The lowest BCUT2D eigenvalue weighted by Gasteiger charge is -2.34. The summed E-state index contributed by atoms with van der Waals surface area (Å²) in [5.41, 5.74) is 0. The first kappa shape index (κ1) is 13.3. The molecule has 0 saturated carbocycles. The van der Waals surface area contributed by atoms with Gasteiger partial charge >= 0.3 is 12.1 Å². The number of alkyl carbamates (subject to hydrolysis) is 1. The van der Waals surface area contributed by atoms with Gasteiger partial charge in [-0.05, 0) is 6.42 Å². The van der Waals surface area contributed by atoms with Crippen LogP contribution in [0.25, 0.3) is 0 Å². The van der Waals surface area contributed by atoms with Crippen LogP contribution in [0.15, 0.2) is 0 Å². The predicted molar refractivity (Wildman–Crippen MR) is 57.1 cm³/mol. The Balaban J connectivity index is 2.36. The molecule has 2 atom stereocenters. The van der Waals surface area contributed by atoms with E-state index in [2.05, 4.69) is 15.4 Å². The molecule has 96 valence electrons. The molecule has 0 bridgehead atoms. The van der Waals surface area contributed by atoms with Gasteiger partial charge in [0.05, 0.1) is 13.7 Å². The van der Waals surface area contributed by atoms with E-state index in [1.807, 2.05) is 6.92 Å². The summed E-state index contributed by atoms with van der Waals surface area (Å²) in [5, 5.41) is 4.65. The van der Waals surface area contributed by atoms with Gasteiger partial charge in [-0.15, -0.1) is 0 Å². The minimum absolute atomic E-state index is 0.291. The zero-order valence-electron chi connectivity index (χ0n) is 9.82. The van der Waals surface area contributed by atoms with Crippen LogP contribution in [0.3, 0.4) is 0 Å². The average molecular weight is 244 g/mol. The fraction of sp³-hybridized carbons (Fsp3) is 0.700. The van der Waals surface area contributed by atoms with Gasteiger partial charge in [-0.3, -0.25) is 4.79 Å². The van der Waals surface area contributed by atoms with E-state index in [-0.39, 0.29) is 0 Å². The molecule has 1 aliphatic rings. The van der Waals surface area contributed by atoms with Gasteiger partial charge in [-0.1, -0.05) is 13.3 Å². The summed E-state index contributed by atoms with van der Waals surface area (Å²) in [6, 6.07) is -1.73. The van der Waals surface area contributed by atoms with Crippen LogP contribution in [-0.2, 0) is 19.1 Å². The molecule has 0 aliphatic carbocycles. The van der Waals surface area contributed by atoms with Crippen LogP contribution < -0.4 is 10.6 Å². The molecule has 7 heteroatoms. The first-order valence-corrected chi connectivity index (χ1v) is 5.41. The number of methoxy groups -OCH3 is 1. The second-order valence-electron chi connectivity index (χ2n) is 3.62. The highest BCUT2D eigenvalue weighted by atomic mass is 16.5. The van der Waals surface area contributed by atoms with E-state index in [4.69, 9.17) is 4.74 Å².